The summed E-state index contributed by atoms with van der Waals surface area (Å²) in [4.78, 5) is 35.3. The average Bonchev–Trinajstić information content (AvgIpc) is 3.04. The zero-order chi connectivity index (χ0) is 19.8. The standard InChI is InChI=1S/C18H23N5O4/c1-12(2)16(21-18(27)19-10-13-6-4-3-5-7-13)17(26)20-14-8-9-23(22-14)11-15(24)25/h3-9,12,16H,10-11H2,1-2H3,(H,24,25)(H2,19,21,27)(H,20,22,26). The molecule has 0 aliphatic heterocycles. The van der Waals surface area contributed by atoms with Gasteiger partial charge in [-0.05, 0) is 11.5 Å². The number of rotatable bonds is 8. The van der Waals surface area contributed by atoms with Crippen LogP contribution < -0.4 is 16.0 Å². The minimum atomic E-state index is -1.03. The molecule has 0 aliphatic carbocycles. The highest BCUT2D eigenvalue weighted by molar-refractivity contribution is 5.96. The second-order valence-electron chi connectivity index (χ2n) is 6.32. The van der Waals surface area contributed by atoms with Gasteiger partial charge in [0.05, 0.1) is 0 Å². The van der Waals surface area contributed by atoms with Crippen molar-refractivity contribution in [2.45, 2.75) is 33.0 Å². The van der Waals surface area contributed by atoms with E-state index in [1.807, 2.05) is 44.2 Å². The highest BCUT2D eigenvalue weighted by atomic mass is 16.4. The Kier molecular flexibility index (Phi) is 6.93. The first-order chi connectivity index (χ1) is 12.8. The first-order valence-electron chi connectivity index (χ1n) is 8.49. The van der Waals surface area contributed by atoms with Gasteiger partial charge in [-0.15, -0.1) is 0 Å². The van der Waals surface area contributed by atoms with Gasteiger partial charge in [-0.2, -0.15) is 5.10 Å². The highest BCUT2D eigenvalue weighted by Gasteiger charge is 2.24. The lowest BCUT2D eigenvalue weighted by molar-refractivity contribution is -0.137. The summed E-state index contributed by atoms with van der Waals surface area (Å²) < 4.78 is 1.20. The first-order valence-corrected chi connectivity index (χ1v) is 8.49. The molecule has 2 rings (SSSR count). The molecule has 0 bridgehead atoms. The molecule has 9 nitrogen and oxygen atoms in total. The molecule has 4 N–H and O–H groups in total. The van der Waals surface area contributed by atoms with E-state index in [2.05, 4.69) is 21.0 Å². The van der Waals surface area contributed by atoms with Gasteiger partial charge in [-0.3, -0.25) is 14.3 Å². The van der Waals surface area contributed by atoms with Crippen LogP contribution in [0, 0.1) is 5.92 Å². The third kappa shape index (κ3) is 6.46. The van der Waals surface area contributed by atoms with Gasteiger partial charge in [0, 0.05) is 18.8 Å². The van der Waals surface area contributed by atoms with Gasteiger partial charge in [0.15, 0.2) is 5.82 Å². The van der Waals surface area contributed by atoms with Crippen LogP contribution in [0.3, 0.4) is 0 Å². The van der Waals surface area contributed by atoms with E-state index in [0.717, 1.165) is 5.56 Å². The summed E-state index contributed by atoms with van der Waals surface area (Å²) in [6.45, 7) is 3.66. The van der Waals surface area contributed by atoms with E-state index in [9.17, 15) is 14.4 Å². The number of carbonyl (C=O) groups excluding carboxylic acids is 2. The van der Waals surface area contributed by atoms with Crippen LogP contribution in [0.2, 0.25) is 0 Å². The number of amides is 3. The number of carboxylic acid groups (broad SMARTS) is 1. The van der Waals surface area contributed by atoms with Crippen LogP contribution in [0.1, 0.15) is 19.4 Å². The maximum Gasteiger partial charge on any atom is 0.325 e. The van der Waals surface area contributed by atoms with Gasteiger partial charge >= 0.3 is 12.0 Å². The van der Waals surface area contributed by atoms with Crippen LogP contribution in [0.5, 0.6) is 0 Å². The third-order valence-corrected chi connectivity index (χ3v) is 3.72. The zero-order valence-corrected chi connectivity index (χ0v) is 15.2. The molecule has 27 heavy (non-hydrogen) atoms. The molecule has 0 aliphatic rings. The van der Waals surface area contributed by atoms with Crippen LogP contribution >= 0.6 is 0 Å². The van der Waals surface area contributed by atoms with Gasteiger partial charge in [0.25, 0.3) is 0 Å². The molecule has 144 valence electrons. The van der Waals surface area contributed by atoms with E-state index < -0.39 is 23.9 Å². The van der Waals surface area contributed by atoms with Crippen LogP contribution in [-0.2, 0) is 22.7 Å². The SMILES string of the molecule is CC(C)C(NC(=O)NCc1ccccc1)C(=O)Nc1ccn(CC(=O)O)n1. The fraction of sp³-hybridized carbons (Fsp3) is 0.333. The molecule has 1 unspecified atom stereocenters. The maximum atomic E-state index is 12.5. The van der Waals surface area contributed by atoms with Crippen molar-refractivity contribution in [1.82, 2.24) is 20.4 Å². The largest absolute Gasteiger partial charge is 0.480 e. The summed E-state index contributed by atoms with van der Waals surface area (Å²) >= 11 is 0. The Hall–Kier alpha value is -3.36. The van der Waals surface area contributed by atoms with Gasteiger partial charge in [0.2, 0.25) is 5.91 Å². The molecular formula is C18H23N5O4. The zero-order valence-electron chi connectivity index (χ0n) is 15.2. The minimum Gasteiger partial charge on any atom is -0.480 e. The van der Waals surface area contributed by atoms with Crippen LogP contribution in [0.25, 0.3) is 0 Å². The average molecular weight is 373 g/mol. The van der Waals surface area contributed by atoms with E-state index in [0.29, 0.717) is 6.54 Å². The summed E-state index contributed by atoms with van der Waals surface area (Å²) in [7, 11) is 0. The molecule has 1 aromatic carbocycles. The van der Waals surface area contributed by atoms with Crippen LogP contribution in [0.4, 0.5) is 10.6 Å². The summed E-state index contributed by atoms with van der Waals surface area (Å²) in [6, 6.07) is 9.69. The van der Waals surface area contributed by atoms with Crippen LogP contribution in [-0.4, -0.2) is 38.8 Å². The lowest BCUT2D eigenvalue weighted by atomic mass is 10.0. The second-order valence-corrected chi connectivity index (χ2v) is 6.32. The molecule has 3 amide bonds. The van der Waals surface area contributed by atoms with Crippen molar-refractivity contribution in [3.05, 3.63) is 48.2 Å². The van der Waals surface area contributed by atoms with Crippen molar-refractivity contribution in [3.8, 4) is 0 Å². The number of urea groups is 1. The third-order valence-electron chi connectivity index (χ3n) is 3.72. The second kappa shape index (κ2) is 9.37. The Morgan fingerprint density at radius 3 is 2.48 bits per heavy atom. The number of carboxylic acids is 1. The molecule has 0 spiro atoms. The highest BCUT2D eigenvalue weighted by Crippen LogP contribution is 2.08. The molecule has 9 heteroatoms. The molecule has 1 atom stereocenters. The lowest BCUT2D eigenvalue weighted by Crippen LogP contribution is -2.50. The molecule has 0 saturated carbocycles. The number of nitrogens with one attached hydrogen (secondary N) is 3. The van der Waals surface area contributed by atoms with Gasteiger partial charge in [0.1, 0.15) is 12.6 Å². The summed E-state index contributed by atoms with van der Waals surface area (Å²) in [5.41, 5.74) is 0.946. The number of hydrogen-bond acceptors (Lipinski definition) is 4. The van der Waals surface area contributed by atoms with E-state index in [1.165, 1.54) is 16.9 Å². The molecular weight excluding hydrogens is 350 g/mol. The topological polar surface area (TPSA) is 125 Å². The van der Waals surface area contributed by atoms with Gasteiger partial charge in [-0.1, -0.05) is 44.2 Å². The lowest BCUT2D eigenvalue weighted by Gasteiger charge is -2.21. The van der Waals surface area contributed by atoms with Gasteiger partial charge < -0.3 is 21.1 Å². The van der Waals surface area contributed by atoms with E-state index in [4.69, 9.17) is 5.11 Å². The van der Waals surface area contributed by atoms with E-state index in [1.54, 1.807) is 0 Å². The number of benzene rings is 1. The van der Waals surface area contributed by atoms with E-state index in [-0.39, 0.29) is 18.3 Å². The molecule has 0 fully saturated rings. The van der Waals surface area contributed by atoms with Gasteiger partial charge in [-0.25, -0.2) is 4.79 Å². The van der Waals surface area contributed by atoms with Crippen molar-refractivity contribution in [2.75, 3.05) is 5.32 Å². The fourth-order valence-electron chi connectivity index (χ4n) is 2.36. The Morgan fingerprint density at radius 2 is 1.85 bits per heavy atom. The number of carbonyl (C=O) groups is 3. The minimum absolute atomic E-state index is 0.159. The Balaban J connectivity index is 1.91. The number of aromatic nitrogens is 2. The number of hydrogen-bond donors (Lipinski definition) is 4. The van der Waals surface area contributed by atoms with Crippen molar-refractivity contribution < 1.29 is 19.5 Å². The summed E-state index contributed by atoms with van der Waals surface area (Å²) in [5.74, 6) is -1.40. The van der Waals surface area contributed by atoms with E-state index >= 15 is 0 Å². The monoisotopic (exact) mass is 373 g/mol. The molecule has 0 saturated heterocycles. The quantitative estimate of drug-likeness (QED) is 0.557. The predicted molar refractivity (Wildman–Crippen MR) is 98.9 cm³/mol. The number of nitrogens with zero attached hydrogens (tertiary/aromatic N) is 2. The van der Waals surface area contributed by atoms with Crippen LogP contribution in [0.15, 0.2) is 42.6 Å². The normalized spacial score (nSPS) is 11.7. The van der Waals surface area contributed by atoms with Crippen molar-refractivity contribution in [3.63, 3.8) is 0 Å². The Morgan fingerprint density at radius 1 is 1.15 bits per heavy atom. The van der Waals surface area contributed by atoms with Crippen molar-refractivity contribution in [2.24, 2.45) is 5.92 Å². The predicted octanol–water partition coefficient (Wildman–Crippen LogP) is 1.43. The number of anilines is 1. The van der Waals surface area contributed by atoms with Crippen molar-refractivity contribution in [1.29, 1.82) is 0 Å². The molecule has 2 aromatic rings. The fourth-order valence-corrected chi connectivity index (χ4v) is 2.36. The smallest absolute Gasteiger partial charge is 0.325 e. The number of aliphatic carboxylic acids is 1. The summed E-state index contributed by atoms with van der Waals surface area (Å²) in [5, 5.41) is 20.7. The molecule has 1 heterocycles. The Labute approximate surface area is 156 Å². The maximum absolute atomic E-state index is 12.5. The summed E-state index contributed by atoms with van der Waals surface area (Å²) in [6.07, 6.45) is 1.45. The first kappa shape index (κ1) is 20.0. The Bertz CT molecular complexity index is 788. The van der Waals surface area contributed by atoms with Crippen molar-refractivity contribution >= 4 is 23.7 Å². The molecule has 1 aromatic heterocycles. The molecule has 0 radical (unpaired) electrons.